The van der Waals surface area contributed by atoms with Gasteiger partial charge < -0.3 is 4.90 Å². The number of nitro benzene ring substituents is 2. The van der Waals surface area contributed by atoms with Crippen LogP contribution in [0.3, 0.4) is 0 Å². The second-order valence-corrected chi connectivity index (χ2v) is 5.08. The second-order valence-electron chi connectivity index (χ2n) is 5.08. The Balaban J connectivity index is 2.17. The van der Waals surface area contributed by atoms with Gasteiger partial charge in [-0.15, -0.1) is 0 Å². The third-order valence-corrected chi connectivity index (χ3v) is 3.14. The van der Waals surface area contributed by atoms with Crippen LogP contribution in [0.15, 0.2) is 47.6 Å². The van der Waals surface area contributed by atoms with Gasteiger partial charge >= 0.3 is 0 Å². The number of non-ortho nitro benzene ring substituents is 1. The Kier molecular flexibility index (Phi) is 5.05. The lowest BCUT2D eigenvalue weighted by molar-refractivity contribution is -0.384. The molecule has 0 aromatic heterocycles. The van der Waals surface area contributed by atoms with Crippen molar-refractivity contribution in [3.05, 3.63) is 68.3 Å². The van der Waals surface area contributed by atoms with Crippen molar-refractivity contribution < 1.29 is 9.85 Å². The van der Waals surface area contributed by atoms with Gasteiger partial charge in [-0.25, -0.2) is 0 Å². The summed E-state index contributed by atoms with van der Waals surface area (Å²) in [5, 5.41) is 25.8. The summed E-state index contributed by atoms with van der Waals surface area (Å²) in [6, 6.07) is 10.6. The lowest BCUT2D eigenvalue weighted by Crippen LogP contribution is -2.11. The minimum atomic E-state index is -0.502. The first-order valence-electron chi connectivity index (χ1n) is 6.88. The summed E-state index contributed by atoms with van der Waals surface area (Å²) >= 11 is 0. The number of benzene rings is 2. The SMILES string of the molecule is CN(C)c1ccc(/C=N\Nc2cccc([N+](=O)[O-])c2)cc1[N+](=O)[O-]. The van der Waals surface area contributed by atoms with Crippen molar-refractivity contribution in [2.45, 2.75) is 0 Å². The van der Waals surface area contributed by atoms with E-state index in [-0.39, 0.29) is 11.4 Å². The molecule has 0 aliphatic heterocycles. The standard InChI is InChI=1S/C15H15N5O4/c1-18(2)14-7-6-11(8-15(14)20(23)24)10-16-17-12-4-3-5-13(9-12)19(21)22/h3-10,17H,1-2H3/b16-10-. The second kappa shape index (κ2) is 7.18. The highest BCUT2D eigenvalue weighted by atomic mass is 16.6. The van der Waals surface area contributed by atoms with Gasteiger partial charge in [-0.2, -0.15) is 5.10 Å². The highest BCUT2D eigenvalue weighted by Crippen LogP contribution is 2.27. The maximum atomic E-state index is 11.1. The zero-order chi connectivity index (χ0) is 17.7. The van der Waals surface area contributed by atoms with E-state index in [4.69, 9.17) is 0 Å². The van der Waals surface area contributed by atoms with Crippen LogP contribution in [0.5, 0.6) is 0 Å². The number of anilines is 2. The van der Waals surface area contributed by atoms with Gasteiger partial charge in [0.25, 0.3) is 11.4 Å². The molecule has 0 atom stereocenters. The van der Waals surface area contributed by atoms with E-state index in [1.165, 1.54) is 30.5 Å². The third kappa shape index (κ3) is 4.03. The fourth-order valence-electron chi connectivity index (χ4n) is 2.02. The van der Waals surface area contributed by atoms with Crippen molar-refractivity contribution in [2.24, 2.45) is 5.10 Å². The molecule has 124 valence electrons. The largest absolute Gasteiger partial charge is 0.372 e. The molecule has 0 saturated carbocycles. The maximum absolute atomic E-state index is 11.1. The van der Waals surface area contributed by atoms with Crippen molar-refractivity contribution in [1.82, 2.24) is 0 Å². The number of nitrogens with one attached hydrogen (secondary N) is 1. The van der Waals surface area contributed by atoms with Crippen LogP contribution in [0.4, 0.5) is 22.7 Å². The molecule has 0 aliphatic carbocycles. The molecule has 2 aromatic rings. The van der Waals surface area contributed by atoms with Gasteiger partial charge in [0.2, 0.25) is 0 Å². The van der Waals surface area contributed by atoms with Crippen LogP contribution >= 0.6 is 0 Å². The Labute approximate surface area is 137 Å². The molecule has 0 amide bonds. The lowest BCUT2D eigenvalue weighted by Gasteiger charge is -2.12. The number of hydrogen-bond acceptors (Lipinski definition) is 7. The molecule has 0 spiro atoms. The van der Waals surface area contributed by atoms with E-state index >= 15 is 0 Å². The van der Waals surface area contributed by atoms with E-state index in [1.54, 1.807) is 37.2 Å². The number of nitrogens with zero attached hydrogens (tertiary/aromatic N) is 4. The fraction of sp³-hybridized carbons (Fsp3) is 0.133. The summed E-state index contributed by atoms with van der Waals surface area (Å²) in [4.78, 5) is 22.5. The molecule has 24 heavy (non-hydrogen) atoms. The molecular formula is C15H15N5O4. The minimum absolute atomic E-state index is 0.0284. The summed E-state index contributed by atoms with van der Waals surface area (Å²) < 4.78 is 0. The first-order valence-corrected chi connectivity index (χ1v) is 6.88. The Morgan fingerprint density at radius 3 is 2.46 bits per heavy atom. The number of hydrogen-bond donors (Lipinski definition) is 1. The summed E-state index contributed by atoms with van der Waals surface area (Å²) in [5.74, 6) is 0. The molecule has 1 N–H and O–H groups in total. The quantitative estimate of drug-likeness (QED) is 0.495. The van der Waals surface area contributed by atoms with E-state index in [1.807, 2.05) is 0 Å². The van der Waals surface area contributed by atoms with Crippen LogP contribution in [0.25, 0.3) is 0 Å². The summed E-state index contributed by atoms with van der Waals surface area (Å²) in [6.07, 6.45) is 1.41. The van der Waals surface area contributed by atoms with Crippen LogP contribution in [0.1, 0.15) is 5.56 Å². The van der Waals surface area contributed by atoms with Crippen LogP contribution in [-0.4, -0.2) is 30.2 Å². The smallest absolute Gasteiger partial charge is 0.293 e. The van der Waals surface area contributed by atoms with Crippen LogP contribution in [0, 0.1) is 20.2 Å². The summed E-state index contributed by atoms with van der Waals surface area (Å²) in [5.41, 5.74) is 4.04. The summed E-state index contributed by atoms with van der Waals surface area (Å²) in [7, 11) is 3.44. The maximum Gasteiger partial charge on any atom is 0.293 e. The Morgan fingerprint density at radius 2 is 1.83 bits per heavy atom. The monoisotopic (exact) mass is 329 g/mol. The average Bonchev–Trinajstić information content (AvgIpc) is 2.54. The first kappa shape index (κ1) is 16.9. The van der Waals surface area contributed by atoms with Gasteiger partial charge in [0.05, 0.1) is 21.7 Å². The molecule has 0 saturated heterocycles. The van der Waals surface area contributed by atoms with Gasteiger partial charge in [0.1, 0.15) is 5.69 Å². The Hall–Kier alpha value is -3.49. The zero-order valence-electron chi connectivity index (χ0n) is 13.0. The molecule has 2 aromatic carbocycles. The van der Waals surface area contributed by atoms with Crippen molar-refractivity contribution in [3.8, 4) is 0 Å². The van der Waals surface area contributed by atoms with Gasteiger partial charge in [-0.05, 0) is 12.1 Å². The summed E-state index contributed by atoms with van der Waals surface area (Å²) in [6.45, 7) is 0. The Morgan fingerprint density at radius 1 is 1.08 bits per heavy atom. The molecule has 0 radical (unpaired) electrons. The molecule has 0 fully saturated rings. The van der Waals surface area contributed by atoms with Crippen LogP contribution in [-0.2, 0) is 0 Å². The van der Waals surface area contributed by atoms with E-state index in [9.17, 15) is 20.2 Å². The van der Waals surface area contributed by atoms with E-state index in [2.05, 4.69) is 10.5 Å². The molecule has 0 unspecified atom stereocenters. The molecule has 9 heteroatoms. The predicted octanol–water partition coefficient (Wildman–Crippen LogP) is 3.02. The molecule has 2 rings (SSSR count). The van der Waals surface area contributed by atoms with Crippen molar-refractivity contribution in [1.29, 1.82) is 0 Å². The minimum Gasteiger partial charge on any atom is -0.372 e. The van der Waals surface area contributed by atoms with Gasteiger partial charge in [0.15, 0.2) is 0 Å². The molecular weight excluding hydrogens is 314 g/mol. The van der Waals surface area contributed by atoms with Crippen molar-refractivity contribution in [3.63, 3.8) is 0 Å². The molecule has 0 aliphatic rings. The normalized spacial score (nSPS) is 10.6. The Bertz CT molecular complexity index is 804. The number of hydrazone groups is 1. The van der Waals surface area contributed by atoms with E-state index in [0.717, 1.165) is 0 Å². The average molecular weight is 329 g/mol. The molecule has 0 heterocycles. The highest BCUT2D eigenvalue weighted by Gasteiger charge is 2.15. The predicted molar refractivity (Wildman–Crippen MR) is 91.7 cm³/mol. The fourth-order valence-corrected chi connectivity index (χ4v) is 2.02. The first-order chi connectivity index (χ1) is 11.4. The van der Waals surface area contributed by atoms with Crippen molar-refractivity contribution in [2.75, 3.05) is 24.4 Å². The third-order valence-electron chi connectivity index (χ3n) is 3.14. The number of nitro groups is 2. The van der Waals surface area contributed by atoms with Gasteiger partial charge in [0, 0.05) is 37.9 Å². The van der Waals surface area contributed by atoms with E-state index < -0.39 is 9.85 Å². The van der Waals surface area contributed by atoms with E-state index in [0.29, 0.717) is 16.9 Å². The zero-order valence-corrected chi connectivity index (χ0v) is 13.0. The van der Waals surface area contributed by atoms with Crippen LogP contribution < -0.4 is 10.3 Å². The van der Waals surface area contributed by atoms with Gasteiger partial charge in [-0.3, -0.25) is 25.7 Å². The molecule has 0 bridgehead atoms. The van der Waals surface area contributed by atoms with Crippen molar-refractivity contribution >= 4 is 29.0 Å². The van der Waals surface area contributed by atoms with Crippen LogP contribution in [0.2, 0.25) is 0 Å². The topological polar surface area (TPSA) is 114 Å². The number of rotatable bonds is 6. The lowest BCUT2D eigenvalue weighted by atomic mass is 10.2. The highest BCUT2D eigenvalue weighted by molar-refractivity contribution is 5.83. The molecule has 9 nitrogen and oxygen atoms in total. The van der Waals surface area contributed by atoms with Gasteiger partial charge in [-0.1, -0.05) is 12.1 Å².